The zero-order chi connectivity index (χ0) is 18.0. The molecule has 2 aromatic heterocycles. The molecule has 0 aliphatic heterocycles. The summed E-state index contributed by atoms with van der Waals surface area (Å²) in [5.74, 6) is 0.116. The Morgan fingerprint density at radius 3 is 2.76 bits per heavy atom. The molecule has 0 aliphatic rings. The number of thiazole rings is 1. The Bertz CT molecular complexity index is 895. The molecule has 0 fully saturated rings. The molecule has 9 heteroatoms. The van der Waals surface area contributed by atoms with Gasteiger partial charge in [-0.25, -0.2) is 9.97 Å². The smallest absolute Gasteiger partial charge is 0.383 e. The number of fused-ring (bicyclic) bond motifs is 1. The first kappa shape index (κ1) is 17.4. The predicted octanol–water partition coefficient (Wildman–Crippen LogP) is 3.82. The van der Waals surface area contributed by atoms with E-state index in [1.807, 2.05) is 6.07 Å². The molecule has 5 nitrogen and oxygen atoms in total. The van der Waals surface area contributed by atoms with Gasteiger partial charge in [-0.1, -0.05) is 17.4 Å². The van der Waals surface area contributed by atoms with Gasteiger partial charge in [-0.05, 0) is 23.8 Å². The van der Waals surface area contributed by atoms with E-state index in [0.717, 1.165) is 10.8 Å². The molecule has 0 unspecified atom stereocenters. The minimum atomic E-state index is -4.52. The number of pyridine rings is 1. The Labute approximate surface area is 145 Å². The molecule has 0 bridgehead atoms. The summed E-state index contributed by atoms with van der Waals surface area (Å²) in [6, 6.07) is 8.97. The van der Waals surface area contributed by atoms with Gasteiger partial charge in [0.25, 0.3) is 0 Å². The van der Waals surface area contributed by atoms with E-state index in [-0.39, 0.29) is 5.82 Å². The highest BCUT2D eigenvalue weighted by Crippen LogP contribution is 2.35. The highest BCUT2D eigenvalue weighted by Gasteiger charge is 2.33. The molecular weight excluding hydrogens is 353 g/mol. The van der Waals surface area contributed by atoms with Gasteiger partial charge in [0.2, 0.25) is 0 Å². The molecule has 25 heavy (non-hydrogen) atoms. The molecule has 0 spiro atoms. The highest BCUT2D eigenvalue weighted by atomic mass is 32.1. The Morgan fingerprint density at radius 1 is 1.24 bits per heavy atom. The summed E-state index contributed by atoms with van der Waals surface area (Å²) in [5.41, 5.74) is 6.37. The molecule has 0 saturated carbocycles. The second-order valence-corrected chi connectivity index (χ2v) is 6.21. The van der Waals surface area contributed by atoms with Gasteiger partial charge >= 0.3 is 6.18 Å². The number of hydrogen-bond donors (Lipinski definition) is 2. The number of rotatable bonds is 5. The Hall–Kier alpha value is -2.39. The van der Waals surface area contributed by atoms with E-state index in [0.29, 0.717) is 34.9 Å². The Morgan fingerprint density at radius 2 is 2.04 bits per heavy atom. The molecule has 1 radical (unpaired) electrons. The number of hydrogen-bond acceptors (Lipinski definition) is 6. The van der Waals surface area contributed by atoms with Crippen LogP contribution in [-0.4, -0.2) is 30.2 Å². The van der Waals surface area contributed by atoms with Crippen LogP contribution in [0.2, 0.25) is 0 Å². The summed E-state index contributed by atoms with van der Waals surface area (Å²) in [7, 11) is 1.51. The number of alkyl halides is 3. The lowest BCUT2D eigenvalue weighted by molar-refractivity contribution is -0.141. The zero-order valence-corrected chi connectivity index (χ0v) is 14.0. The van der Waals surface area contributed by atoms with Crippen molar-refractivity contribution < 1.29 is 17.9 Å². The van der Waals surface area contributed by atoms with Crippen molar-refractivity contribution in [1.29, 1.82) is 0 Å². The minimum absolute atomic E-state index is 0.116. The normalized spacial score (nSPS) is 11.8. The van der Waals surface area contributed by atoms with E-state index in [1.165, 1.54) is 24.5 Å². The van der Waals surface area contributed by atoms with Crippen LogP contribution in [0.4, 0.5) is 24.1 Å². The van der Waals surface area contributed by atoms with Crippen molar-refractivity contribution in [1.82, 2.24) is 9.97 Å². The number of nitrogens with two attached hydrogens (primary N) is 1. The van der Waals surface area contributed by atoms with Crippen LogP contribution in [0.15, 0.2) is 24.3 Å². The number of benzene rings is 1. The molecule has 0 atom stereocenters. The van der Waals surface area contributed by atoms with Gasteiger partial charge in [-0.3, -0.25) is 0 Å². The lowest BCUT2D eigenvalue weighted by Crippen LogP contribution is -2.14. The molecule has 2 heterocycles. The summed E-state index contributed by atoms with van der Waals surface area (Å²) < 4.78 is 44.6. The Kier molecular flexibility index (Phi) is 4.78. The molecule has 0 amide bonds. The summed E-state index contributed by atoms with van der Waals surface area (Å²) in [5, 5.41) is 3.29. The third kappa shape index (κ3) is 3.83. The lowest BCUT2D eigenvalue weighted by Gasteiger charge is -2.14. The maximum absolute atomic E-state index is 13.0. The van der Waals surface area contributed by atoms with E-state index in [9.17, 15) is 13.2 Å². The number of nitrogens with one attached hydrogen (secondary N) is 1. The van der Waals surface area contributed by atoms with E-state index >= 15 is 0 Å². The fourth-order valence-electron chi connectivity index (χ4n) is 2.28. The van der Waals surface area contributed by atoms with Gasteiger partial charge < -0.3 is 15.8 Å². The summed E-state index contributed by atoms with van der Waals surface area (Å²) >= 11 is 1.32. The monoisotopic (exact) mass is 367 g/mol. The van der Waals surface area contributed by atoms with Gasteiger partial charge in [0, 0.05) is 25.3 Å². The zero-order valence-electron chi connectivity index (χ0n) is 13.1. The first-order valence-electron chi connectivity index (χ1n) is 7.28. The van der Waals surface area contributed by atoms with Gasteiger partial charge in [0.15, 0.2) is 5.13 Å². The third-order valence-electron chi connectivity index (χ3n) is 3.40. The number of nitrogens with zero attached hydrogens (tertiary/aromatic N) is 2. The molecule has 3 N–H and O–H groups in total. The van der Waals surface area contributed by atoms with Crippen LogP contribution >= 0.6 is 11.3 Å². The van der Waals surface area contributed by atoms with E-state index in [2.05, 4.69) is 21.4 Å². The van der Waals surface area contributed by atoms with Gasteiger partial charge in [0.1, 0.15) is 11.5 Å². The maximum Gasteiger partial charge on any atom is 0.433 e. The van der Waals surface area contributed by atoms with Crippen LogP contribution in [0.3, 0.4) is 0 Å². The van der Waals surface area contributed by atoms with E-state index in [1.54, 1.807) is 6.07 Å². The molecule has 0 saturated heterocycles. The summed E-state index contributed by atoms with van der Waals surface area (Å²) in [6.07, 6.45) is -4.52. The van der Waals surface area contributed by atoms with Crippen molar-refractivity contribution in [2.75, 3.05) is 31.3 Å². The van der Waals surface area contributed by atoms with Crippen LogP contribution < -0.4 is 11.1 Å². The first-order valence-corrected chi connectivity index (χ1v) is 8.10. The average Bonchev–Trinajstić information content (AvgIpc) is 2.93. The number of methoxy groups -OCH3 is 1. The first-order chi connectivity index (χ1) is 11.9. The molecule has 3 aromatic rings. The number of aromatic nitrogens is 2. The highest BCUT2D eigenvalue weighted by molar-refractivity contribution is 7.22. The van der Waals surface area contributed by atoms with Crippen molar-refractivity contribution in [2.24, 2.45) is 0 Å². The van der Waals surface area contributed by atoms with Crippen molar-refractivity contribution in [2.45, 2.75) is 6.18 Å². The fraction of sp³-hybridized carbons (Fsp3) is 0.250. The van der Waals surface area contributed by atoms with E-state index < -0.39 is 11.9 Å². The topological polar surface area (TPSA) is 73.1 Å². The molecular formula is C16H14F3N4OS. The van der Waals surface area contributed by atoms with E-state index in [4.69, 9.17) is 10.5 Å². The maximum atomic E-state index is 13.0. The van der Waals surface area contributed by atoms with Crippen LogP contribution in [0, 0.1) is 6.07 Å². The quantitative estimate of drug-likeness (QED) is 0.671. The molecule has 0 aliphatic carbocycles. The second-order valence-electron chi connectivity index (χ2n) is 5.15. The van der Waals surface area contributed by atoms with Crippen LogP contribution in [0.5, 0.6) is 0 Å². The molecule has 1 aromatic carbocycles. The molecule has 131 valence electrons. The van der Waals surface area contributed by atoms with Crippen molar-refractivity contribution in [3.05, 3.63) is 36.0 Å². The van der Waals surface area contributed by atoms with Crippen LogP contribution in [-0.2, 0) is 10.9 Å². The SMILES string of the molecule is COCCNc1nc(C(F)(F)F)ccc1-c1[c]c2nc(N)sc2cc1. The minimum Gasteiger partial charge on any atom is -0.383 e. The number of nitrogen functional groups attached to an aromatic ring is 1. The standard InChI is InChI=1S/C16H14F3N4OS/c1-24-7-6-21-14-10(3-5-13(23-14)16(17,18)19)9-2-4-12-11(8-9)22-15(20)25-12/h2-5H,6-7H2,1H3,(H2,20,22)(H,21,23). The van der Waals surface area contributed by atoms with Gasteiger partial charge in [-0.15, -0.1) is 0 Å². The lowest BCUT2D eigenvalue weighted by atomic mass is 10.1. The summed E-state index contributed by atoms with van der Waals surface area (Å²) in [6.45, 7) is 0.659. The average molecular weight is 367 g/mol. The van der Waals surface area contributed by atoms with Gasteiger partial charge in [0.05, 0.1) is 16.8 Å². The van der Waals surface area contributed by atoms with Crippen LogP contribution in [0.25, 0.3) is 21.3 Å². The number of halogens is 3. The third-order valence-corrected chi connectivity index (χ3v) is 4.25. The predicted molar refractivity (Wildman–Crippen MR) is 91.5 cm³/mol. The molecule has 3 rings (SSSR count). The number of anilines is 2. The van der Waals surface area contributed by atoms with Gasteiger partial charge in [-0.2, -0.15) is 13.2 Å². The fourth-order valence-corrected chi connectivity index (χ4v) is 2.97. The largest absolute Gasteiger partial charge is 0.433 e. The Balaban J connectivity index is 2.05. The van der Waals surface area contributed by atoms with Crippen molar-refractivity contribution in [3.63, 3.8) is 0 Å². The van der Waals surface area contributed by atoms with Crippen molar-refractivity contribution in [3.8, 4) is 11.1 Å². The van der Waals surface area contributed by atoms with Crippen LogP contribution in [0.1, 0.15) is 5.69 Å². The summed E-state index contributed by atoms with van der Waals surface area (Å²) in [4.78, 5) is 7.88. The van der Waals surface area contributed by atoms with Crippen molar-refractivity contribution >= 4 is 32.5 Å². The second kappa shape index (κ2) is 6.85. The number of ether oxygens (including phenoxy) is 1.